The molecule has 4 aliphatic carbocycles. The topological polar surface area (TPSA) is 58.6 Å². The van der Waals surface area contributed by atoms with E-state index in [9.17, 15) is 9.59 Å². The highest BCUT2D eigenvalue weighted by atomic mass is 35.5. The first-order valence-corrected chi connectivity index (χ1v) is 13.8. The number of hydrogen-bond donors (Lipinski definition) is 1. The lowest BCUT2D eigenvalue weighted by molar-refractivity contribution is -0.218. The number of nitrogens with zero attached hydrogens (tertiary/aromatic N) is 1. The van der Waals surface area contributed by atoms with E-state index in [2.05, 4.69) is 71.3 Å². The Bertz CT molecular complexity index is 1130. The van der Waals surface area contributed by atoms with Crippen molar-refractivity contribution < 1.29 is 14.3 Å². The lowest BCUT2D eigenvalue weighted by Crippen LogP contribution is -2.79. The van der Waals surface area contributed by atoms with E-state index in [1.807, 2.05) is 4.90 Å². The summed E-state index contributed by atoms with van der Waals surface area (Å²) in [6.45, 7) is 13.7. The average Bonchev–Trinajstić information content (AvgIpc) is 2.74. The van der Waals surface area contributed by atoms with E-state index in [4.69, 9.17) is 16.3 Å². The summed E-state index contributed by atoms with van der Waals surface area (Å²) in [5, 5.41) is 4.24. The number of halogens is 1. The van der Waals surface area contributed by atoms with E-state index < -0.39 is 11.0 Å². The molecule has 1 N–H and O–H groups in total. The van der Waals surface area contributed by atoms with Gasteiger partial charge in [0.1, 0.15) is 0 Å². The molecular weight excluding hydrogens is 472 g/mol. The van der Waals surface area contributed by atoms with E-state index in [0.29, 0.717) is 19.3 Å². The lowest BCUT2D eigenvalue weighted by atomic mass is 9.38. The predicted molar refractivity (Wildman–Crippen MR) is 143 cm³/mol. The maximum atomic E-state index is 13.7. The summed E-state index contributed by atoms with van der Waals surface area (Å²) in [5.41, 5.74) is 2.61. The molecule has 0 spiro atoms. The van der Waals surface area contributed by atoms with Crippen molar-refractivity contribution in [3.8, 4) is 0 Å². The van der Waals surface area contributed by atoms with E-state index in [1.165, 1.54) is 12.7 Å². The predicted octanol–water partition coefficient (Wildman–Crippen LogP) is 6.97. The molecule has 2 bridgehead atoms. The van der Waals surface area contributed by atoms with Gasteiger partial charge in [-0.25, -0.2) is 4.79 Å². The van der Waals surface area contributed by atoms with Crippen LogP contribution < -0.4 is 5.32 Å². The van der Waals surface area contributed by atoms with Crippen LogP contribution in [0.1, 0.15) is 91.2 Å². The second-order valence-electron chi connectivity index (χ2n) is 13.9. The summed E-state index contributed by atoms with van der Waals surface area (Å²) in [6, 6.07) is 6.34. The Labute approximate surface area is 221 Å². The third-order valence-electron chi connectivity index (χ3n) is 9.91. The molecule has 1 aromatic rings. The van der Waals surface area contributed by atoms with E-state index >= 15 is 0 Å². The van der Waals surface area contributed by atoms with Gasteiger partial charge >= 0.3 is 12.0 Å². The van der Waals surface area contributed by atoms with Crippen molar-refractivity contribution in [3.05, 3.63) is 46.1 Å². The first-order valence-electron chi connectivity index (χ1n) is 13.4. The molecule has 1 aromatic carbocycles. The van der Waals surface area contributed by atoms with Crippen molar-refractivity contribution in [2.75, 3.05) is 7.11 Å². The minimum atomic E-state index is -0.557. The molecule has 0 saturated heterocycles. The molecule has 0 radical (unpaired) electrons. The Morgan fingerprint density at radius 2 is 1.86 bits per heavy atom. The van der Waals surface area contributed by atoms with Crippen LogP contribution in [0.2, 0.25) is 5.02 Å². The average molecular weight is 513 g/mol. The Morgan fingerprint density at radius 1 is 1.19 bits per heavy atom. The first-order chi connectivity index (χ1) is 16.7. The van der Waals surface area contributed by atoms with Crippen LogP contribution in [0.15, 0.2) is 30.0 Å². The molecule has 4 fully saturated rings. The van der Waals surface area contributed by atoms with Gasteiger partial charge in [-0.2, -0.15) is 0 Å². The third-order valence-corrected chi connectivity index (χ3v) is 10.3. The van der Waals surface area contributed by atoms with Crippen molar-refractivity contribution >= 4 is 23.6 Å². The molecule has 1 aliphatic heterocycles. The van der Waals surface area contributed by atoms with Crippen molar-refractivity contribution in [2.45, 2.75) is 97.6 Å². The number of aryl methyl sites for hydroxylation is 1. The zero-order valence-electron chi connectivity index (χ0n) is 22.9. The fourth-order valence-electron chi connectivity index (χ4n) is 7.14. The standard InChI is InChI=1S/C30H41ClN2O3/c1-19-22-15-33(29-16-28(17-29,18-29)24(34)36-7)25(35)32-30(22,13-12-27(19,5)6)21-9-8-20(23(31)14-21)10-11-26(2,3)4/h8-9,14-15,19H,10-13,16-18H2,1-7H3,(H,32,35)/t19?,28?,29?,30-/m0/s1. The van der Waals surface area contributed by atoms with Gasteiger partial charge in [0.2, 0.25) is 0 Å². The normalized spacial score (nSPS) is 34.6. The summed E-state index contributed by atoms with van der Waals surface area (Å²) in [6.07, 6.45) is 8.03. The number of hydrogen-bond acceptors (Lipinski definition) is 3. The van der Waals surface area contributed by atoms with Crippen molar-refractivity contribution in [2.24, 2.45) is 22.2 Å². The maximum Gasteiger partial charge on any atom is 0.322 e. The minimum Gasteiger partial charge on any atom is -0.469 e. The zero-order chi connectivity index (χ0) is 26.3. The Kier molecular flexibility index (Phi) is 5.69. The molecule has 1 heterocycles. The number of carbonyl (C=O) groups excluding carboxylic acids is 2. The zero-order valence-corrected chi connectivity index (χ0v) is 23.6. The van der Waals surface area contributed by atoms with Crippen LogP contribution in [-0.2, 0) is 21.5 Å². The Morgan fingerprint density at radius 3 is 2.44 bits per heavy atom. The second kappa shape index (κ2) is 7.99. The Balaban J connectivity index is 1.50. The molecule has 6 rings (SSSR count). The number of carbonyl (C=O) groups is 2. The van der Waals surface area contributed by atoms with Crippen LogP contribution in [0.3, 0.4) is 0 Å². The Hall–Kier alpha value is -2.01. The summed E-state index contributed by atoms with van der Waals surface area (Å²) in [7, 11) is 1.45. The molecule has 6 heteroatoms. The van der Waals surface area contributed by atoms with E-state index in [1.54, 1.807) is 0 Å². The van der Waals surface area contributed by atoms with Gasteiger partial charge in [0.15, 0.2) is 0 Å². The molecule has 4 saturated carbocycles. The summed E-state index contributed by atoms with van der Waals surface area (Å²) in [5.74, 6) is 0.132. The van der Waals surface area contributed by atoms with Crippen LogP contribution in [0.4, 0.5) is 4.79 Å². The lowest BCUT2D eigenvalue weighted by Gasteiger charge is -2.72. The van der Waals surface area contributed by atoms with Crippen molar-refractivity contribution in [3.63, 3.8) is 0 Å². The fraction of sp³-hybridized carbons (Fsp3) is 0.667. The number of ether oxygens (including phenoxy) is 1. The van der Waals surface area contributed by atoms with Crippen molar-refractivity contribution in [1.82, 2.24) is 10.2 Å². The summed E-state index contributed by atoms with van der Waals surface area (Å²) >= 11 is 6.85. The van der Waals surface area contributed by atoms with E-state index in [-0.39, 0.29) is 34.3 Å². The van der Waals surface area contributed by atoms with Crippen LogP contribution in [0, 0.1) is 22.2 Å². The number of amides is 2. The number of esters is 1. The molecule has 5 nitrogen and oxygen atoms in total. The number of nitrogens with one attached hydrogen (secondary N) is 1. The van der Waals surface area contributed by atoms with Crippen molar-refractivity contribution in [1.29, 1.82) is 0 Å². The van der Waals surface area contributed by atoms with Crippen LogP contribution >= 0.6 is 11.6 Å². The summed E-state index contributed by atoms with van der Waals surface area (Å²) < 4.78 is 5.03. The molecular formula is C30H41ClN2O3. The number of fused-ring (bicyclic) bond motifs is 1. The molecule has 36 heavy (non-hydrogen) atoms. The van der Waals surface area contributed by atoms with Gasteiger partial charge in [0, 0.05) is 11.2 Å². The van der Waals surface area contributed by atoms with Gasteiger partial charge in [-0.05, 0) is 84.5 Å². The fourth-order valence-corrected chi connectivity index (χ4v) is 7.42. The number of methoxy groups -OCH3 is 1. The quantitative estimate of drug-likeness (QED) is 0.433. The molecule has 2 atom stereocenters. The third kappa shape index (κ3) is 3.71. The minimum absolute atomic E-state index is 0.0725. The smallest absolute Gasteiger partial charge is 0.322 e. The van der Waals surface area contributed by atoms with Gasteiger partial charge in [-0.1, -0.05) is 65.3 Å². The summed E-state index contributed by atoms with van der Waals surface area (Å²) in [4.78, 5) is 27.8. The second-order valence-corrected chi connectivity index (χ2v) is 14.3. The van der Waals surface area contributed by atoms with Gasteiger partial charge in [0.25, 0.3) is 0 Å². The molecule has 2 amide bonds. The number of urea groups is 1. The highest BCUT2D eigenvalue weighted by molar-refractivity contribution is 6.31. The van der Waals surface area contributed by atoms with Gasteiger partial charge in [-0.3, -0.25) is 9.69 Å². The van der Waals surface area contributed by atoms with Crippen LogP contribution in [0.5, 0.6) is 0 Å². The maximum absolute atomic E-state index is 13.7. The highest BCUT2D eigenvalue weighted by Crippen LogP contribution is 2.71. The molecule has 5 aliphatic rings. The first kappa shape index (κ1) is 25.6. The largest absolute Gasteiger partial charge is 0.469 e. The molecule has 196 valence electrons. The molecule has 0 aromatic heterocycles. The highest BCUT2D eigenvalue weighted by Gasteiger charge is 2.76. The SMILES string of the molecule is COC(=O)C12CC(N3C=C4C(C)C(C)(C)CC[C@@]4(c4ccc(CCC(C)(C)C)c(Cl)c4)NC3=O)(C1)C2. The number of benzene rings is 1. The van der Waals surface area contributed by atoms with Gasteiger partial charge < -0.3 is 10.1 Å². The monoisotopic (exact) mass is 512 g/mol. The van der Waals surface area contributed by atoms with Gasteiger partial charge in [0.05, 0.1) is 23.6 Å². The number of rotatable bonds is 5. The van der Waals surface area contributed by atoms with Gasteiger partial charge in [-0.15, -0.1) is 0 Å². The van der Waals surface area contributed by atoms with E-state index in [0.717, 1.165) is 41.8 Å². The van der Waals surface area contributed by atoms with Crippen LogP contribution in [-0.4, -0.2) is 29.5 Å². The van der Waals surface area contributed by atoms with Crippen LogP contribution in [0.25, 0.3) is 0 Å². The molecule has 1 unspecified atom stereocenters.